The molecule has 174 valence electrons. The van der Waals surface area contributed by atoms with Gasteiger partial charge < -0.3 is 25.4 Å². The molecule has 2 N–H and O–H groups in total. The molecular formula is C23H23N3Na2O7. The number of rotatable bonds is 11. The quantitative estimate of drug-likeness (QED) is 0.134. The zero-order valence-electron chi connectivity index (χ0n) is 20.0. The van der Waals surface area contributed by atoms with Gasteiger partial charge in [0.2, 0.25) is 0 Å². The van der Waals surface area contributed by atoms with E-state index in [0.717, 1.165) is 16.0 Å². The van der Waals surface area contributed by atoms with E-state index in [0.29, 0.717) is 23.1 Å². The first-order chi connectivity index (χ1) is 15.7. The van der Waals surface area contributed by atoms with E-state index in [2.05, 4.69) is 10.3 Å². The van der Waals surface area contributed by atoms with Gasteiger partial charge in [-0.15, -0.1) is 0 Å². The number of benzene rings is 2. The van der Waals surface area contributed by atoms with Crippen molar-refractivity contribution in [3.8, 4) is 0 Å². The van der Waals surface area contributed by atoms with Crippen LogP contribution in [-0.4, -0.2) is 58.8 Å². The monoisotopic (exact) mass is 499 g/mol. The van der Waals surface area contributed by atoms with Gasteiger partial charge in [-0.2, -0.15) is 0 Å². The Bertz CT molecular complexity index is 1130. The summed E-state index contributed by atoms with van der Waals surface area (Å²) in [5.41, 5.74) is 1.61. The summed E-state index contributed by atoms with van der Waals surface area (Å²) in [4.78, 5) is 52.3. The summed E-state index contributed by atoms with van der Waals surface area (Å²) in [5.74, 6) is -4.51. The van der Waals surface area contributed by atoms with Crippen LogP contribution in [0.15, 0.2) is 35.3 Å². The van der Waals surface area contributed by atoms with Gasteiger partial charge >= 0.3 is 65.1 Å². The smallest absolute Gasteiger partial charge is 0.862 e. The number of amides is 2. The molecule has 2 aromatic rings. The number of aliphatic imine (C=N–C) groups is 1. The normalized spacial score (nSPS) is 13.6. The number of hydrogen-bond donors (Lipinski definition) is 2. The van der Waals surface area contributed by atoms with E-state index in [1.165, 1.54) is 0 Å². The van der Waals surface area contributed by atoms with Gasteiger partial charge in [-0.3, -0.25) is 19.5 Å². The van der Waals surface area contributed by atoms with Crippen LogP contribution in [0.5, 0.6) is 0 Å². The SMILES string of the molecule is CCNc1ccc2c3c(cccc13)C(=O)N(CCCC([O-])=N[C@@H](CCC(=O)[O-])C(=O)O)C2=O.[Na+].[Na+]. The Morgan fingerprint density at radius 2 is 1.71 bits per heavy atom. The third-order valence-corrected chi connectivity index (χ3v) is 5.34. The first-order valence-electron chi connectivity index (χ1n) is 10.6. The van der Waals surface area contributed by atoms with Crippen molar-refractivity contribution in [3.05, 3.63) is 41.5 Å². The number of carbonyl (C=O) groups is 4. The maximum atomic E-state index is 13.0. The molecule has 2 amide bonds. The molecule has 0 saturated carbocycles. The van der Waals surface area contributed by atoms with Gasteiger partial charge in [0.25, 0.3) is 11.8 Å². The van der Waals surface area contributed by atoms with E-state index in [4.69, 9.17) is 5.11 Å². The fourth-order valence-corrected chi connectivity index (χ4v) is 3.82. The zero-order chi connectivity index (χ0) is 24.1. The van der Waals surface area contributed by atoms with Crippen molar-refractivity contribution < 1.29 is 93.6 Å². The van der Waals surface area contributed by atoms with Crippen LogP contribution in [0.3, 0.4) is 0 Å². The van der Waals surface area contributed by atoms with Crippen molar-refractivity contribution in [1.82, 2.24) is 4.90 Å². The number of hydrogen-bond acceptors (Lipinski definition) is 8. The summed E-state index contributed by atoms with van der Waals surface area (Å²) < 4.78 is 0. The number of nitrogens with zero attached hydrogens (tertiary/aromatic N) is 2. The average molecular weight is 499 g/mol. The van der Waals surface area contributed by atoms with E-state index in [-0.39, 0.29) is 84.9 Å². The predicted octanol–water partition coefficient (Wildman–Crippen LogP) is -5.60. The largest absolute Gasteiger partial charge is 1.00 e. The molecule has 10 nitrogen and oxygen atoms in total. The van der Waals surface area contributed by atoms with Crippen molar-refractivity contribution in [2.75, 3.05) is 18.4 Å². The molecule has 12 heteroatoms. The van der Waals surface area contributed by atoms with Crippen LogP contribution >= 0.6 is 0 Å². The third kappa shape index (κ3) is 7.28. The molecule has 0 saturated heterocycles. The maximum Gasteiger partial charge on any atom is 1.00 e. The number of imide groups is 1. The number of anilines is 1. The molecule has 1 aliphatic heterocycles. The second-order valence-electron chi connectivity index (χ2n) is 7.57. The van der Waals surface area contributed by atoms with Gasteiger partial charge in [0.1, 0.15) is 6.04 Å². The van der Waals surface area contributed by atoms with Crippen LogP contribution in [0.1, 0.15) is 53.3 Å². The Labute approximate surface area is 246 Å². The fraction of sp³-hybridized carbons (Fsp3) is 0.348. The van der Waals surface area contributed by atoms with Crippen LogP contribution in [0, 0.1) is 0 Å². The Morgan fingerprint density at radius 3 is 2.31 bits per heavy atom. The summed E-state index contributed by atoms with van der Waals surface area (Å²) in [6.07, 6.45) is -0.997. The summed E-state index contributed by atoms with van der Waals surface area (Å²) in [7, 11) is 0. The van der Waals surface area contributed by atoms with E-state index in [9.17, 15) is 29.4 Å². The Balaban J connectivity index is 0.00000306. The first kappa shape index (κ1) is 31.1. The molecule has 2 aromatic carbocycles. The molecule has 1 aliphatic rings. The molecular weight excluding hydrogens is 476 g/mol. The van der Waals surface area contributed by atoms with Gasteiger partial charge in [0, 0.05) is 46.6 Å². The number of carbonyl (C=O) groups excluding carboxylic acids is 3. The molecule has 0 aliphatic carbocycles. The average Bonchev–Trinajstić information content (AvgIpc) is 2.77. The summed E-state index contributed by atoms with van der Waals surface area (Å²) >= 11 is 0. The second-order valence-corrected chi connectivity index (χ2v) is 7.57. The van der Waals surface area contributed by atoms with Crippen molar-refractivity contribution in [3.63, 3.8) is 0 Å². The number of nitrogens with one attached hydrogen (secondary N) is 1. The predicted molar refractivity (Wildman–Crippen MR) is 116 cm³/mol. The van der Waals surface area contributed by atoms with Crippen LogP contribution in [-0.2, 0) is 9.59 Å². The molecule has 35 heavy (non-hydrogen) atoms. The molecule has 0 spiro atoms. The number of carboxylic acids is 2. The number of carboxylic acid groups (broad SMARTS) is 2. The summed E-state index contributed by atoms with van der Waals surface area (Å²) in [6, 6.07) is 7.21. The van der Waals surface area contributed by atoms with E-state index in [1.807, 2.05) is 13.0 Å². The van der Waals surface area contributed by atoms with Crippen LogP contribution < -0.4 is 74.6 Å². The molecule has 3 rings (SSSR count). The minimum Gasteiger partial charge on any atom is -0.862 e. The molecule has 0 unspecified atom stereocenters. The van der Waals surface area contributed by atoms with E-state index in [1.54, 1.807) is 24.3 Å². The molecule has 0 radical (unpaired) electrons. The fourth-order valence-electron chi connectivity index (χ4n) is 3.82. The van der Waals surface area contributed by atoms with Crippen molar-refractivity contribution in [1.29, 1.82) is 0 Å². The van der Waals surface area contributed by atoms with Crippen molar-refractivity contribution in [2.45, 2.75) is 38.6 Å². The third-order valence-electron chi connectivity index (χ3n) is 5.34. The minimum absolute atomic E-state index is 0. The summed E-state index contributed by atoms with van der Waals surface area (Å²) in [5, 5.41) is 36.3. The van der Waals surface area contributed by atoms with Crippen molar-refractivity contribution in [2.24, 2.45) is 4.99 Å². The zero-order valence-corrected chi connectivity index (χ0v) is 24.0. The van der Waals surface area contributed by atoms with E-state index < -0.39 is 42.1 Å². The Hall–Kier alpha value is -1.95. The number of aliphatic carboxylic acids is 2. The van der Waals surface area contributed by atoms with Crippen molar-refractivity contribution >= 4 is 46.1 Å². The molecule has 0 fully saturated rings. The minimum atomic E-state index is -1.48. The van der Waals surface area contributed by atoms with Gasteiger partial charge in [0.15, 0.2) is 0 Å². The standard InChI is InChI=1S/C23H25N3O7.2Na/c1-2-24-16-9-8-15-20-13(16)5-3-6-14(20)21(30)26(22(15)31)12-4-7-18(27)25-17(23(32)33)10-11-19(28)29;;/h3,5-6,8-9,17,24H,2,4,7,10-12H2,1H3,(H,25,27)(H,28,29)(H,32,33);;/q;2*+1/p-2/t17-;;/m0../s1. The van der Waals surface area contributed by atoms with Gasteiger partial charge in [-0.1, -0.05) is 12.1 Å². The Kier molecular flexibility index (Phi) is 12.4. The second kappa shape index (κ2) is 14.0. The molecule has 0 aromatic heterocycles. The van der Waals surface area contributed by atoms with Crippen LogP contribution in [0.4, 0.5) is 5.69 Å². The summed E-state index contributed by atoms with van der Waals surface area (Å²) in [6.45, 7) is 2.59. The topological polar surface area (TPSA) is 162 Å². The Morgan fingerprint density at radius 1 is 1.06 bits per heavy atom. The van der Waals surface area contributed by atoms with E-state index >= 15 is 0 Å². The van der Waals surface area contributed by atoms with Gasteiger partial charge in [-0.05, 0) is 56.7 Å². The van der Waals surface area contributed by atoms with Crippen LogP contribution in [0.2, 0.25) is 0 Å². The van der Waals surface area contributed by atoms with Gasteiger partial charge in [0.05, 0.1) is 0 Å². The molecule has 0 bridgehead atoms. The molecule has 1 atom stereocenters. The van der Waals surface area contributed by atoms with Gasteiger partial charge in [-0.25, -0.2) is 4.79 Å². The van der Waals surface area contributed by atoms with Crippen LogP contribution in [0.25, 0.3) is 10.8 Å². The first-order valence-corrected chi connectivity index (χ1v) is 10.6. The molecule has 1 heterocycles. The maximum absolute atomic E-state index is 13.0.